The molecule has 1 aromatic carbocycles. The van der Waals surface area contributed by atoms with Gasteiger partial charge in [-0.2, -0.15) is 4.98 Å². The summed E-state index contributed by atoms with van der Waals surface area (Å²) in [5.74, 6) is 0.763. The lowest BCUT2D eigenvalue weighted by Crippen LogP contribution is -2.38. The number of amides is 1. The molecular formula is C25H25ClN6O3S. The molecular weight excluding hydrogens is 500 g/mol. The molecule has 1 saturated heterocycles. The van der Waals surface area contributed by atoms with Gasteiger partial charge in [-0.25, -0.2) is 9.97 Å². The maximum absolute atomic E-state index is 12.5. The molecule has 11 heteroatoms. The van der Waals surface area contributed by atoms with Crippen LogP contribution in [0.25, 0.3) is 21.0 Å². The molecule has 0 radical (unpaired) electrons. The number of likely N-dealkylation sites (tertiary alicyclic amines) is 1. The lowest BCUT2D eigenvalue weighted by molar-refractivity contribution is 0.0282. The Bertz CT molecular complexity index is 1460. The Hall–Kier alpha value is -3.05. The third-order valence-electron chi connectivity index (χ3n) is 6.60. The number of rotatable bonds is 5. The van der Waals surface area contributed by atoms with Gasteiger partial charge >= 0.3 is 0 Å². The van der Waals surface area contributed by atoms with Crippen LogP contribution in [0.3, 0.4) is 0 Å². The van der Waals surface area contributed by atoms with E-state index in [2.05, 4.69) is 25.5 Å². The van der Waals surface area contributed by atoms with Crippen LogP contribution in [0, 0.1) is 0 Å². The quantitative estimate of drug-likeness (QED) is 0.369. The lowest BCUT2D eigenvalue weighted by Gasteiger charge is -2.31. The lowest BCUT2D eigenvalue weighted by atomic mass is 10.1. The normalized spacial score (nSPS) is 18.5. The van der Waals surface area contributed by atoms with E-state index in [1.807, 2.05) is 24.3 Å². The van der Waals surface area contributed by atoms with Crippen molar-refractivity contribution in [1.82, 2.24) is 25.2 Å². The number of thiophene rings is 1. The fourth-order valence-corrected chi connectivity index (χ4v) is 6.11. The number of carbonyl (C=O) groups excluding carboxylic acids is 1. The molecule has 1 atom stereocenters. The largest absolute Gasteiger partial charge is 0.420 e. The van der Waals surface area contributed by atoms with Crippen molar-refractivity contribution in [1.29, 1.82) is 0 Å². The first-order chi connectivity index (χ1) is 17.6. The zero-order valence-corrected chi connectivity index (χ0v) is 21.3. The molecule has 2 N–H and O–H groups in total. The maximum Gasteiger partial charge on any atom is 0.263 e. The van der Waals surface area contributed by atoms with E-state index in [9.17, 15) is 4.79 Å². The number of fused-ring (bicyclic) bond motifs is 5. The van der Waals surface area contributed by atoms with Crippen molar-refractivity contribution in [2.24, 2.45) is 0 Å². The zero-order valence-electron chi connectivity index (χ0n) is 19.7. The van der Waals surface area contributed by atoms with E-state index in [-0.39, 0.29) is 17.3 Å². The van der Waals surface area contributed by atoms with Gasteiger partial charge in [-0.3, -0.25) is 9.69 Å². The minimum Gasteiger partial charge on any atom is -0.420 e. The minimum absolute atomic E-state index is 0.0454. The van der Waals surface area contributed by atoms with E-state index in [1.165, 1.54) is 11.3 Å². The number of aromatic nitrogens is 3. The minimum atomic E-state index is -0.0454. The number of nitrogens with one attached hydrogen (secondary N) is 2. The van der Waals surface area contributed by atoms with Crippen molar-refractivity contribution in [2.75, 3.05) is 38.6 Å². The van der Waals surface area contributed by atoms with Crippen molar-refractivity contribution in [3.63, 3.8) is 0 Å². The third kappa shape index (κ3) is 4.45. The summed E-state index contributed by atoms with van der Waals surface area (Å²) in [5, 5.41) is 8.42. The van der Waals surface area contributed by atoms with Gasteiger partial charge in [0.2, 0.25) is 17.0 Å². The molecule has 1 amide bonds. The molecule has 0 aliphatic carbocycles. The number of ether oxygens (including phenoxy) is 2. The van der Waals surface area contributed by atoms with Crippen LogP contribution in [0.2, 0.25) is 5.28 Å². The van der Waals surface area contributed by atoms with Crippen LogP contribution in [-0.2, 0) is 11.3 Å². The zero-order chi connectivity index (χ0) is 24.6. The highest BCUT2D eigenvalue weighted by Crippen LogP contribution is 2.41. The van der Waals surface area contributed by atoms with Crippen molar-refractivity contribution in [3.8, 4) is 11.8 Å². The Labute approximate surface area is 216 Å². The first-order valence-electron chi connectivity index (χ1n) is 11.9. The Kier molecular flexibility index (Phi) is 6.34. The fourth-order valence-electron chi connectivity index (χ4n) is 4.87. The Morgan fingerprint density at radius 2 is 2.08 bits per heavy atom. The number of pyridine rings is 1. The number of piperidine rings is 1. The summed E-state index contributed by atoms with van der Waals surface area (Å²) in [4.78, 5) is 28.8. The summed E-state index contributed by atoms with van der Waals surface area (Å²) in [7, 11) is 1.76. The van der Waals surface area contributed by atoms with Gasteiger partial charge in [0.05, 0.1) is 17.3 Å². The van der Waals surface area contributed by atoms with E-state index in [0.29, 0.717) is 36.3 Å². The average Bonchev–Trinajstić information content (AvgIpc) is 3.17. The second-order valence-corrected chi connectivity index (χ2v) is 10.3. The molecule has 9 nitrogen and oxygen atoms in total. The SMILES string of the molecule is CO[C@@H]1CCCN(Cc2cnc(Cl)nc2Oc2ccc3c(ccc4sc5c(c43)NCCNC5=O)n2)C1. The summed E-state index contributed by atoms with van der Waals surface area (Å²) < 4.78 is 12.7. The summed E-state index contributed by atoms with van der Waals surface area (Å²) in [6.07, 6.45) is 4.08. The number of carbonyl (C=O) groups is 1. The molecule has 1 fully saturated rings. The average molecular weight is 525 g/mol. The van der Waals surface area contributed by atoms with Gasteiger partial charge in [0.15, 0.2) is 0 Å². The van der Waals surface area contributed by atoms with Crippen LogP contribution in [-0.4, -0.2) is 65.2 Å². The van der Waals surface area contributed by atoms with Gasteiger partial charge in [0, 0.05) is 66.6 Å². The highest BCUT2D eigenvalue weighted by Gasteiger charge is 2.24. The van der Waals surface area contributed by atoms with Crippen LogP contribution in [0.1, 0.15) is 28.1 Å². The highest BCUT2D eigenvalue weighted by atomic mass is 35.5. The van der Waals surface area contributed by atoms with Gasteiger partial charge in [-0.05, 0) is 49.2 Å². The van der Waals surface area contributed by atoms with Crippen LogP contribution in [0.15, 0.2) is 30.5 Å². The fraction of sp³-hybridized carbons (Fsp3) is 0.360. The molecule has 0 saturated carbocycles. The van der Waals surface area contributed by atoms with E-state index in [1.54, 1.807) is 13.3 Å². The molecule has 5 heterocycles. The molecule has 2 aliphatic heterocycles. The summed E-state index contributed by atoms with van der Waals surface area (Å²) >= 11 is 7.60. The Morgan fingerprint density at radius 3 is 2.97 bits per heavy atom. The number of halogens is 1. The highest BCUT2D eigenvalue weighted by molar-refractivity contribution is 7.21. The van der Waals surface area contributed by atoms with Crippen LogP contribution in [0.4, 0.5) is 5.69 Å². The molecule has 0 unspecified atom stereocenters. The number of methoxy groups -OCH3 is 1. The number of hydrogen-bond donors (Lipinski definition) is 2. The van der Waals surface area contributed by atoms with Crippen molar-refractivity contribution in [3.05, 3.63) is 46.2 Å². The summed E-state index contributed by atoms with van der Waals surface area (Å²) in [6, 6.07) is 7.75. The van der Waals surface area contributed by atoms with Gasteiger partial charge in [0.25, 0.3) is 5.91 Å². The first-order valence-corrected chi connectivity index (χ1v) is 13.1. The molecule has 36 heavy (non-hydrogen) atoms. The Balaban J connectivity index is 1.32. The predicted molar refractivity (Wildman–Crippen MR) is 140 cm³/mol. The van der Waals surface area contributed by atoms with Gasteiger partial charge < -0.3 is 20.1 Å². The van der Waals surface area contributed by atoms with Crippen LogP contribution in [0.5, 0.6) is 11.8 Å². The molecule has 0 spiro atoms. The third-order valence-corrected chi connectivity index (χ3v) is 7.94. The van der Waals surface area contributed by atoms with E-state index < -0.39 is 0 Å². The van der Waals surface area contributed by atoms with Crippen molar-refractivity contribution in [2.45, 2.75) is 25.5 Å². The van der Waals surface area contributed by atoms with Crippen LogP contribution < -0.4 is 15.4 Å². The van der Waals surface area contributed by atoms with Gasteiger partial charge in [-0.1, -0.05) is 0 Å². The standard InChI is InChI=1S/C25H25ClN6O3S/c1-34-15-3-2-10-32(13-15)12-14-11-29-25(26)31-24(14)35-19-7-4-16-17(30-19)5-6-18-20(16)21-22(36-18)23(33)28-9-8-27-21/h4-7,11,15,27H,2-3,8-10,12-13H2,1H3,(H,28,33)/t15-/m1/s1. The van der Waals surface area contributed by atoms with Crippen molar-refractivity contribution < 1.29 is 14.3 Å². The predicted octanol–water partition coefficient (Wildman–Crippen LogP) is 4.45. The topological polar surface area (TPSA) is 102 Å². The first kappa shape index (κ1) is 23.4. The molecule has 6 rings (SSSR count). The van der Waals surface area contributed by atoms with Gasteiger partial charge in [0.1, 0.15) is 4.88 Å². The smallest absolute Gasteiger partial charge is 0.263 e. The number of benzene rings is 1. The molecule has 2 aliphatic rings. The van der Waals surface area contributed by atoms with E-state index in [4.69, 9.17) is 26.1 Å². The van der Waals surface area contributed by atoms with Crippen LogP contribution >= 0.6 is 22.9 Å². The van der Waals surface area contributed by atoms with E-state index in [0.717, 1.165) is 58.2 Å². The monoisotopic (exact) mass is 524 g/mol. The Morgan fingerprint density at radius 1 is 1.19 bits per heavy atom. The molecule has 3 aromatic heterocycles. The molecule has 0 bridgehead atoms. The van der Waals surface area contributed by atoms with Gasteiger partial charge in [-0.15, -0.1) is 11.3 Å². The second-order valence-electron chi connectivity index (χ2n) is 8.95. The molecule has 186 valence electrons. The summed E-state index contributed by atoms with van der Waals surface area (Å²) in [6.45, 7) is 3.73. The number of anilines is 1. The second kappa shape index (κ2) is 9.78. The van der Waals surface area contributed by atoms with E-state index >= 15 is 0 Å². The summed E-state index contributed by atoms with van der Waals surface area (Å²) in [5.41, 5.74) is 2.48. The van der Waals surface area contributed by atoms with Crippen molar-refractivity contribution >= 4 is 55.5 Å². The maximum atomic E-state index is 12.5. The number of hydrogen-bond acceptors (Lipinski definition) is 9. The number of nitrogens with zero attached hydrogens (tertiary/aromatic N) is 4. The molecule has 4 aromatic rings.